The Morgan fingerprint density at radius 2 is 1.11 bits per heavy atom. The van der Waals surface area contributed by atoms with Crippen LogP contribution in [0.25, 0.3) is 0 Å². The van der Waals surface area contributed by atoms with Crippen molar-refractivity contribution in [3.8, 4) is 0 Å². The zero-order valence-corrected chi connectivity index (χ0v) is 19.2. The van der Waals surface area contributed by atoms with Gasteiger partial charge in [-0.3, -0.25) is 0 Å². The molecule has 0 aromatic rings. The van der Waals surface area contributed by atoms with Gasteiger partial charge in [-0.05, 0) is 62.3 Å². The lowest BCUT2D eigenvalue weighted by Crippen LogP contribution is -2.37. The first-order chi connectivity index (χ1) is 13.1. The van der Waals surface area contributed by atoms with E-state index in [0.717, 1.165) is 17.9 Å². The highest BCUT2D eigenvalue weighted by Gasteiger charge is 2.22. The summed E-state index contributed by atoms with van der Waals surface area (Å²) in [7, 11) is 0. The molecule has 0 amide bonds. The van der Waals surface area contributed by atoms with Crippen LogP contribution in [0.3, 0.4) is 0 Å². The Bertz CT molecular complexity index is 331. The Morgan fingerprint density at radius 3 is 1.78 bits per heavy atom. The largest absolute Gasteiger partial charge is 0.314 e. The second-order valence-corrected chi connectivity index (χ2v) is 10.9. The van der Waals surface area contributed by atoms with Crippen LogP contribution in [0, 0.1) is 17.3 Å². The van der Waals surface area contributed by atoms with Gasteiger partial charge in [0.2, 0.25) is 0 Å². The number of rotatable bonds is 1. The van der Waals surface area contributed by atoms with Crippen LogP contribution in [-0.2, 0) is 0 Å². The standard InChI is InChI=1S/C26H51N/c1-23-15-7-4-9-17-24(18-10-5-8-16-23)25-19-11-6-12-20-26(2,3)21-13-14-22-27-25/h23-25,27H,4-22H2,1-3H3. The van der Waals surface area contributed by atoms with Gasteiger partial charge >= 0.3 is 0 Å². The van der Waals surface area contributed by atoms with E-state index in [-0.39, 0.29) is 0 Å². The molecule has 160 valence electrons. The fourth-order valence-corrected chi connectivity index (χ4v) is 5.63. The van der Waals surface area contributed by atoms with Gasteiger partial charge < -0.3 is 5.32 Å². The Kier molecular flexibility index (Phi) is 11.4. The first-order valence-electron chi connectivity index (χ1n) is 12.8. The zero-order chi connectivity index (χ0) is 19.4. The molecule has 2 fully saturated rings. The number of hydrogen-bond acceptors (Lipinski definition) is 1. The van der Waals surface area contributed by atoms with Crippen LogP contribution in [-0.4, -0.2) is 12.6 Å². The summed E-state index contributed by atoms with van der Waals surface area (Å²) in [4.78, 5) is 0. The van der Waals surface area contributed by atoms with Gasteiger partial charge in [0.15, 0.2) is 0 Å². The molecule has 0 radical (unpaired) electrons. The molecular weight excluding hydrogens is 326 g/mol. The number of hydrogen-bond donors (Lipinski definition) is 1. The second kappa shape index (κ2) is 13.2. The van der Waals surface area contributed by atoms with E-state index in [1.165, 1.54) is 122 Å². The van der Waals surface area contributed by atoms with Gasteiger partial charge in [-0.2, -0.15) is 0 Å². The van der Waals surface area contributed by atoms with Crippen LogP contribution in [0.5, 0.6) is 0 Å². The van der Waals surface area contributed by atoms with Gasteiger partial charge in [0.05, 0.1) is 0 Å². The van der Waals surface area contributed by atoms with Crippen molar-refractivity contribution in [1.82, 2.24) is 5.32 Å². The molecule has 27 heavy (non-hydrogen) atoms. The van der Waals surface area contributed by atoms with E-state index in [9.17, 15) is 0 Å². The lowest BCUT2D eigenvalue weighted by atomic mass is 9.80. The van der Waals surface area contributed by atoms with Crippen LogP contribution < -0.4 is 5.32 Å². The summed E-state index contributed by atoms with van der Waals surface area (Å²) in [5.74, 6) is 1.92. The summed E-state index contributed by atoms with van der Waals surface area (Å²) in [5, 5.41) is 4.05. The smallest absolute Gasteiger partial charge is 0.00953 e. The average Bonchev–Trinajstić information content (AvgIpc) is 2.61. The molecule has 2 aliphatic rings. The highest BCUT2D eigenvalue weighted by molar-refractivity contribution is 4.79. The Morgan fingerprint density at radius 1 is 0.593 bits per heavy atom. The van der Waals surface area contributed by atoms with Crippen molar-refractivity contribution in [3.05, 3.63) is 0 Å². The van der Waals surface area contributed by atoms with Crippen molar-refractivity contribution in [2.24, 2.45) is 17.3 Å². The van der Waals surface area contributed by atoms with Crippen LogP contribution >= 0.6 is 0 Å². The van der Waals surface area contributed by atoms with Crippen LogP contribution in [0.15, 0.2) is 0 Å². The monoisotopic (exact) mass is 377 g/mol. The van der Waals surface area contributed by atoms with Gasteiger partial charge in [-0.15, -0.1) is 0 Å². The molecular formula is C26H51N. The van der Waals surface area contributed by atoms with Crippen molar-refractivity contribution in [1.29, 1.82) is 0 Å². The normalized spacial score (nSPS) is 33.7. The summed E-state index contributed by atoms with van der Waals surface area (Å²) < 4.78 is 0. The third-order valence-electron chi connectivity index (χ3n) is 7.67. The minimum Gasteiger partial charge on any atom is -0.314 e. The van der Waals surface area contributed by atoms with E-state index in [1.807, 2.05) is 0 Å². The summed E-state index contributed by atoms with van der Waals surface area (Å²) in [5.41, 5.74) is 0.573. The molecule has 2 rings (SSSR count). The molecule has 1 atom stereocenters. The van der Waals surface area contributed by atoms with E-state index in [0.29, 0.717) is 5.41 Å². The molecule has 0 bridgehead atoms. The highest BCUT2D eigenvalue weighted by Crippen LogP contribution is 2.32. The summed E-state index contributed by atoms with van der Waals surface area (Å²) in [6.07, 6.45) is 26.2. The van der Waals surface area contributed by atoms with Gasteiger partial charge in [-0.25, -0.2) is 0 Å². The molecule has 1 unspecified atom stereocenters. The molecule has 0 spiro atoms. The lowest BCUT2D eigenvalue weighted by Gasteiger charge is -2.31. The van der Waals surface area contributed by atoms with Gasteiger partial charge in [0.1, 0.15) is 0 Å². The van der Waals surface area contributed by atoms with Crippen molar-refractivity contribution >= 4 is 0 Å². The Labute approximate surface area is 171 Å². The van der Waals surface area contributed by atoms with E-state index < -0.39 is 0 Å². The van der Waals surface area contributed by atoms with Gasteiger partial charge in [0.25, 0.3) is 0 Å². The quantitative estimate of drug-likeness (QED) is 0.484. The zero-order valence-electron chi connectivity index (χ0n) is 19.2. The summed E-state index contributed by atoms with van der Waals surface area (Å²) in [6, 6.07) is 0.805. The first kappa shape index (κ1) is 23.2. The fraction of sp³-hybridized carbons (Fsp3) is 1.00. The maximum atomic E-state index is 4.05. The van der Waals surface area contributed by atoms with Crippen molar-refractivity contribution < 1.29 is 0 Å². The molecule has 1 saturated heterocycles. The predicted molar refractivity (Wildman–Crippen MR) is 121 cm³/mol. The molecule has 1 aliphatic heterocycles. The predicted octanol–water partition coefficient (Wildman–Crippen LogP) is 8.27. The van der Waals surface area contributed by atoms with Gasteiger partial charge in [-0.1, -0.05) is 97.8 Å². The van der Waals surface area contributed by atoms with Crippen molar-refractivity contribution in [3.63, 3.8) is 0 Å². The SMILES string of the molecule is CC1CCCCCC(C2CCCCCC(C)(C)CCCCN2)CCCCC1. The second-order valence-electron chi connectivity index (χ2n) is 10.9. The minimum atomic E-state index is 0.573. The Balaban J connectivity index is 1.84. The van der Waals surface area contributed by atoms with Crippen molar-refractivity contribution in [2.45, 2.75) is 142 Å². The molecule has 1 N–H and O–H groups in total. The maximum absolute atomic E-state index is 4.05. The van der Waals surface area contributed by atoms with E-state index in [1.54, 1.807) is 0 Å². The van der Waals surface area contributed by atoms with Crippen LogP contribution in [0.1, 0.15) is 136 Å². The molecule has 1 aliphatic carbocycles. The van der Waals surface area contributed by atoms with Crippen molar-refractivity contribution in [2.75, 3.05) is 6.54 Å². The third-order valence-corrected chi connectivity index (χ3v) is 7.67. The van der Waals surface area contributed by atoms with E-state index >= 15 is 0 Å². The average molecular weight is 378 g/mol. The van der Waals surface area contributed by atoms with Gasteiger partial charge in [0, 0.05) is 6.04 Å². The molecule has 1 heterocycles. The molecule has 1 heteroatoms. The van der Waals surface area contributed by atoms with Crippen LogP contribution in [0.2, 0.25) is 0 Å². The van der Waals surface area contributed by atoms with E-state index in [2.05, 4.69) is 26.1 Å². The maximum Gasteiger partial charge on any atom is 0.00953 e. The topological polar surface area (TPSA) is 12.0 Å². The summed E-state index contributed by atoms with van der Waals surface area (Å²) >= 11 is 0. The first-order valence-corrected chi connectivity index (χ1v) is 12.8. The highest BCUT2D eigenvalue weighted by atomic mass is 14.9. The fourth-order valence-electron chi connectivity index (χ4n) is 5.63. The minimum absolute atomic E-state index is 0.573. The molecule has 1 saturated carbocycles. The molecule has 0 aromatic carbocycles. The lowest BCUT2D eigenvalue weighted by molar-refractivity contribution is 0.249. The molecule has 0 aromatic heterocycles. The number of nitrogens with one attached hydrogen (secondary N) is 1. The molecule has 1 nitrogen and oxygen atoms in total. The Hall–Kier alpha value is -0.0400. The van der Waals surface area contributed by atoms with Crippen LogP contribution in [0.4, 0.5) is 0 Å². The third kappa shape index (κ3) is 10.3. The summed E-state index contributed by atoms with van der Waals surface area (Å²) in [6.45, 7) is 8.71. The van der Waals surface area contributed by atoms with E-state index in [4.69, 9.17) is 0 Å².